The molecule has 1 aromatic heterocycles. The molecular formula is C20H29IN6O. The van der Waals surface area contributed by atoms with E-state index in [0.717, 1.165) is 43.3 Å². The Labute approximate surface area is 183 Å². The second-order valence-electron chi connectivity index (χ2n) is 6.77. The number of aryl methyl sites for hydroxylation is 2. The van der Waals surface area contributed by atoms with E-state index >= 15 is 0 Å². The molecule has 1 aromatic carbocycles. The van der Waals surface area contributed by atoms with Crippen molar-refractivity contribution in [1.82, 2.24) is 20.8 Å². The molecule has 1 amide bonds. The van der Waals surface area contributed by atoms with Crippen LogP contribution in [0, 0.1) is 6.92 Å². The number of guanidine groups is 1. The summed E-state index contributed by atoms with van der Waals surface area (Å²) in [4.78, 5) is 18.9. The summed E-state index contributed by atoms with van der Waals surface area (Å²) in [6.07, 6.45) is 4.27. The lowest BCUT2D eigenvalue weighted by Crippen LogP contribution is -2.44. The maximum Gasteiger partial charge on any atom is 0.229 e. The number of nitrogens with zero attached hydrogens (tertiary/aromatic N) is 3. The molecule has 1 atom stereocenters. The number of rotatable bonds is 7. The fraction of sp³-hybridized carbons (Fsp3) is 0.450. The van der Waals surface area contributed by atoms with Gasteiger partial charge in [-0.15, -0.1) is 24.0 Å². The topological polar surface area (TPSA) is 85.4 Å². The first kappa shape index (κ1) is 22.2. The van der Waals surface area contributed by atoms with Crippen molar-refractivity contribution in [3.8, 4) is 0 Å². The average molecular weight is 496 g/mol. The first-order valence-electron chi connectivity index (χ1n) is 9.56. The zero-order chi connectivity index (χ0) is 19.1. The van der Waals surface area contributed by atoms with E-state index in [1.54, 1.807) is 0 Å². The van der Waals surface area contributed by atoms with E-state index in [0.29, 0.717) is 13.0 Å². The lowest BCUT2D eigenvalue weighted by atomic mass is 10.1. The third kappa shape index (κ3) is 5.95. The molecule has 1 aliphatic rings. The van der Waals surface area contributed by atoms with Gasteiger partial charge < -0.3 is 15.5 Å². The van der Waals surface area contributed by atoms with Crippen molar-refractivity contribution < 1.29 is 4.79 Å². The molecule has 1 saturated heterocycles. The van der Waals surface area contributed by atoms with Crippen LogP contribution in [0.5, 0.6) is 0 Å². The van der Waals surface area contributed by atoms with Crippen molar-refractivity contribution in [3.05, 3.63) is 47.8 Å². The largest absolute Gasteiger partial charge is 0.357 e. The highest BCUT2D eigenvalue weighted by Crippen LogP contribution is 2.20. The molecular weight excluding hydrogens is 467 g/mol. The number of carbonyl (C=O) groups excluding carboxylic acids is 1. The third-order valence-corrected chi connectivity index (χ3v) is 4.69. The number of anilines is 1. The number of hydrogen-bond acceptors (Lipinski definition) is 3. The van der Waals surface area contributed by atoms with Crippen LogP contribution in [-0.4, -0.2) is 47.7 Å². The molecule has 0 spiro atoms. The fourth-order valence-electron chi connectivity index (χ4n) is 3.26. The zero-order valence-electron chi connectivity index (χ0n) is 16.4. The minimum absolute atomic E-state index is 0. The number of aliphatic imine (C=N–C) groups is 1. The normalized spacial score (nSPS) is 16.8. The van der Waals surface area contributed by atoms with Crippen LogP contribution in [0.25, 0.3) is 0 Å². The minimum Gasteiger partial charge on any atom is -0.357 e. The quantitative estimate of drug-likeness (QED) is 0.238. The lowest BCUT2D eigenvalue weighted by Gasteiger charge is -2.19. The summed E-state index contributed by atoms with van der Waals surface area (Å²) < 4.78 is 0. The van der Waals surface area contributed by atoms with Gasteiger partial charge in [0.2, 0.25) is 5.91 Å². The number of aromatic amines is 1. The van der Waals surface area contributed by atoms with E-state index in [9.17, 15) is 4.79 Å². The molecule has 0 saturated carbocycles. The summed E-state index contributed by atoms with van der Waals surface area (Å²) in [7, 11) is 0. The van der Waals surface area contributed by atoms with Gasteiger partial charge in [-0.25, -0.2) is 0 Å². The summed E-state index contributed by atoms with van der Waals surface area (Å²) in [6, 6.07) is 9.87. The number of hydrogen-bond donors (Lipinski definition) is 3. The van der Waals surface area contributed by atoms with Crippen LogP contribution < -0.4 is 15.5 Å². The van der Waals surface area contributed by atoms with Gasteiger partial charge in [0.25, 0.3) is 0 Å². The van der Waals surface area contributed by atoms with Crippen LogP contribution in [0.3, 0.4) is 0 Å². The molecule has 0 bridgehead atoms. The van der Waals surface area contributed by atoms with Gasteiger partial charge in [0.05, 0.1) is 12.2 Å². The maximum atomic E-state index is 12.4. The van der Waals surface area contributed by atoms with Crippen LogP contribution in [0.1, 0.15) is 31.0 Å². The number of nitrogens with one attached hydrogen (secondary N) is 3. The molecule has 7 nitrogen and oxygen atoms in total. The van der Waals surface area contributed by atoms with Gasteiger partial charge in [-0.05, 0) is 44.4 Å². The van der Waals surface area contributed by atoms with E-state index in [-0.39, 0.29) is 35.9 Å². The Balaban J connectivity index is 0.00000280. The maximum absolute atomic E-state index is 12.4. The molecule has 3 N–H and O–H groups in total. The number of aromatic nitrogens is 2. The van der Waals surface area contributed by atoms with Gasteiger partial charge in [-0.3, -0.25) is 14.9 Å². The minimum atomic E-state index is 0. The predicted octanol–water partition coefficient (Wildman–Crippen LogP) is 2.63. The Morgan fingerprint density at radius 2 is 2.14 bits per heavy atom. The second-order valence-corrected chi connectivity index (χ2v) is 6.77. The van der Waals surface area contributed by atoms with Gasteiger partial charge in [-0.1, -0.05) is 18.2 Å². The summed E-state index contributed by atoms with van der Waals surface area (Å²) in [5, 5.41) is 13.7. The van der Waals surface area contributed by atoms with Crippen molar-refractivity contribution >= 4 is 41.5 Å². The van der Waals surface area contributed by atoms with Crippen molar-refractivity contribution in [1.29, 1.82) is 0 Å². The molecule has 1 unspecified atom stereocenters. The SMILES string of the molecule is CCNC(=NCCCc1cn[nH]c1C)NC1CC(=O)N(c2ccccc2)C1.I. The molecule has 2 aromatic rings. The van der Waals surface area contributed by atoms with Crippen molar-refractivity contribution in [3.63, 3.8) is 0 Å². The Bertz CT molecular complexity index is 776. The Morgan fingerprint density at radius 1 is 1.36 bits per heavy atom. The highest BCUT2D eigenvalue weighted by molar-refractivity contribution is 14.0. The first-order valence-corrected chi connectivity index (χ1v) is 9.56. The molecule has 2 heterocycles. The van der Waals surface area contributed by atoms with Gasteiger partial charge in [0.1, 0.15) is 0 Å². The van der Waals surface area contributed by atoms with Gasteiger partial charge >= 0.3 is 0 Å². The summed E-state index contributed by atoms with van der Waals surface area (Å²) >= 11 is 0. The van der Waals surface area contributed by atoms with E-state index in [4.69, 9.17) is 0 Å². The summed E-state index contributed by atoms with van der Waals surface area (Å²) in [5.41, 5.74) is 3.31. The highest BCUT2D eigenvalue weighted by Gasteiger charge is 2.30. The molecule has 152 valence electrons. The van der Waals surface area contributed by atoms with E-state index in [1.807, 2.05) is 55.3 Å². The van der Waals surface area contributed by atoms with Gasteiger partial charge in [-0.2, -0.15) is 5.10 Å². The number of para-hydroxylation sites is 1. The van der Waals surface area contributed by atoms with Crippen LogP contribution in [0.15, 0.2) is 41.5 Å². The molecule has 8 heteroatoms. The second kappa shape index (κ2) is 11.0. The number of H-pyrrole nitrogens is 1. The van der Waals surface area contributed by atoms with Gasteiger partial charge in [0.15, 0.2) is 5.96 Å². The molecule has 1 fully saturated rings. The highest BCUT2D eigenvalue weighted by atomic mass is 127. The van der Waals surface area contributed by atoms with Crippen LogP contribution >= 0.6 is 24.0 Å². The molecule has 0 radical (unpaired) electrons. The third-order valence-electron chi connectivity index (χ3n) is 4.69. The molecule has 3 rings (SSSR count). The Hall–Kier alpha value is -2.10. The van der Waals surface area contributed by atoms with E-state index < -0.39 is 0 Å². The number of carbonyl (C=O) groups is 1. The predicted molar refractivity (Wildman–Crippen MR) is 123 cm³/mol. The summed E-state index contributed by atoms with van der Waals surface area (Å²) in [5.74, 6) is 0.916. The molecule has 1 aliphatic heterocycles. The Morgan fingerprint density at radius 3 is 2.82 bits per heavy atom. The van der Waals surface area contributed by atoms with E-state index in [2.05, 4.69) is 25.8 Å². The molecule has 28 heavy (non-hydrogen) atoms. The fourth-order valence-corrected chi connectivity index (χ4v) is 3.26. The van der Waals surface area contributed by atoms with Crippen molar-refractivity contribution in [2.24, 2.45) is 4.99 Å². The number of amides is 1. The first-order chi connectivity index (χ1) is 13.2. The van der Waals surface area contributed by atoms with Crippen LogP contribution in [0.4, 0.5) is 5.69 Å². The zero-order valence-corrected chi connectivity index (χ0v) is 18.8. The monoisotopic (exact) mass is 496 g/mol. The molecule has 0 aliphatic carbocycles. The van der Waals surface area contributed by atoms with E-state index in [1.165, 1.54) is 5.56 Å². The smallest absolute Gasteiger partial charge is 0.229 e. The average Bonchev–Trinajstić information content (AvgIpc) is 3.25. The van der Waals surface area contributed by atoms with Crippen molar-refractivity contribution in [2.45, 2.75) is 39.2 Å². The van der Waals surface area contributed by atoms with Crippen LogP contribution in [0.2, 0.25) is 0 Å². The van der Waals surface area contributed by atoms with Gasteiger partial charge in [0, 0.05) is 37.4 Å². The lowest BCUT2D eigenvalue weighted by molar-refractivity contribution is -0.117. The number of halogens is 1. The summed E-state index contributed by atoms with van der Waals surface area (Å²) in [6.45, 7) is 6.25. The van der Waals surface area contributed by atoms with Crippen molar-refractivity contribution in [2.75, 3.05) is 24.5 Å². The van der Waals surface area contributed by atoms with Crippen LogP contribution in [-0.2, 0) is 11.2 Å². The number of benzene rings is 1. The standard InChI is InChI=1S/C20H28N6O.HI/c1-3-21-20(22-11-7-8-16-13-23-25-15(16)2)24-17-12-19(27)26(14-17)18-9-5-4-6-10-18;/h4-6,9-10,13,17H,3,7-8,11-12,14H2,1-2H3,(H,23,25)(H2,21,22,24);1H. The Kier molecular flexibility index (Phi) is 8.75.